The molecule has 0 bridgehead atoms. The van der Waals surface area contributed by atoms with Gasteiger partial charge in [-0.2, -0.15) is 0 Å². The lowest BCUT2D eigenvalue weighted by Gasteiger charge is -2.10. The monoisotopic (exact) mass is 278 g/mol. The highest BCUT2D eigenvalue weighted by Crippen LogP contribution is 2.21. The summed E-state index contributed by atoms with van der Waals surface area (Å²) >= 11 is 5.81. The van der Waals surface area contributed by atoms with Crippen LogP contribution in [0.5, 0.6) is 0 Å². The molecule has 1 amide bonds. The Kier molecular flexibility index (Phi) is 4.02. The highest BCUT2D eigenvalue weighted by Gasteiger charge is 2.08. The second-order valence-corrected chi connectivity index (χ2v) is 4.47. The van der Waals surface area contributed by atoms with Gasteiger partial charge < -0.3 is 11.1 Å². The molecule has 0 saturated carbocycles. The standard InChI is InChI=1S/C14H12ClFN2O/c15-10-4-5-13(12(7-10)14(17)19)18-8-9-2-1-3-11(16)6-9/h1-7,18H,8H2,(H2,17,19). The number of carbonyl (C=O) groups excluding carboxylic acids is 1. The average molecular weight is 279 g/mol. The number of nitrogens with one attached hydrogen (secondary N) is 1. The molecule has 0 saturated heterocycles. The second-order valence-electron chi connectivity index (χ2n) is 4.04. The lowest BCUT2D eigenvalue weighted by Crippen LogP contribution is -2.14. The van der Waals surface area contributed by atoms with Gasteiger partial charge in [-0.25, -0.2) is 4.39 Å². The van der Waals surface area contributed by atoms with Crippen LogP contribution in [0.4, 0.5) is 10.1 Å². The van der Waals surface area contributed by atoms with Crippen LogP contribution in [0.3, 0.4) is 0 Å². The summed E-state index contributed by atoms with van der Waals surface area (Å²) in [7, 11) is 0. The van der Waals surface area contributed by atoms with E-state index < -0.39 is 5.91 Å². The highest BCUT2D eigenvalue weighted by molar-refractivity contribution is 6.31. The number of carbonyl (C=O) groups is 1. The molecule has 2 rings (SSSR count). The highest BCUT2D eigenvalue weighted by atomic mass is 35.5. The van der Waals surface area contributed by atoms with E-state index in [0.717, 1.165) is 5.56 Å². The van der Waals surface area contributed by atoms with Crippen LogP contribution in [0.25, 0.3) is 0 Å². The minimum Gasteiger partial charge on any atom is -0.380 e. The van der Waals surface area contributed by atoms with Gasteiger partial charge in [-0.1, -0.05) is 23.7 Å². The number of anilines is 1. The van der Waals surface area contributed by atoms with Gasteiger partial charge in [0.1, 0.15) is 5.82 Å². The first kappa shape index (κ1) is 13.4. The van der Waals surface area contributed by atoms with Gasteiger partial charge in [0.15, 0.2) is 0 Å². The molecule has 0 heterocycles. The third kappa shape index (κ3) is 3.45. The fourth-order valence-electron chi connectivity index (χ4n) is 1.72. The molecule has 0 spiro atoms. The van der Waals surface area contributed by atoms with Crippen molar-refractivity contribution in [2.24, 2.45) is 5.73 Å². The first-order valence-corrected chi connectivity index (χ1v) is 6.02. The summed E-state index contributed by atoms with van der Waals surface area (Å²) in [5.74, 6) is -0.866. The number of benzene rings is 2. The number of halogens is 2. The van der Waals surface area contributed by atoms with Crippen molar-refractivity contribution in [3.8, 4) is 0 Å². The van der Waals surface area contributed by atoms with E-state index in [0.29, 0.717) is 22.8 Å². The third-order valence-corrected chi connectivity index (χ3v) is 2.85. The van der Waals surface area contributed by atoms with Crippen LogP contribution in [0.2, 0.25) is 5.02 Å². The van der Waals surface area contributed by atoms with Crippen LogP contribution < -0.4 is 11.1 Å². The molecule has 2 aromatic carbocycles. The van der Waals surface area contributed by atoms with Crippen LogP contribution in [0.1, 0.15) is 15.9 Å². The molecule has 0 unspecified atom stereocenters. The van der Waals surface area contributed by atoms with Crippen LogP contribution >= 0.6 is 11.6 Å². The first-order chi connectivity index (χ1) is 9.06. The Morgan fingerprint density at radius 3 is 2.74 bits per heavy atom. The first-order valence-electron chi connectivity index (χ1n) is 5.64. The normalized spacial score (nSPS) is 10.2. The van der Waals surface area contributed by atoms with E-state index >= 15 is 0 Å². The van der Waals surface area contributed by atoms with Gasteiger partial charge in [0.25, 0.3) is 5.91 Å². The van der Waals surface area contributed by atoms with Crippen molar-refractivity contribution in [3.05, 3.63) is 64.4 Å². The molecule has 19 heavy (non-hydrogen) atoms. The summed E-state index contributed by atoms with van der Waals surface area (Å²) in [5.41, 5.74) is 6.93. The van der Waals surface area contributed by atoms with E-state index in [-0.39, 0.29) is 5.82 Å². The van der Waals surface area contributed by atoms with Gasteiger partial charge in [-0.15, -0.1) is 0 Å². The van der Waals surface area contributed by atoms with Crippen LogP contribution in [0, 0.1) is 5.82 Å². The Bertz CT molecular complexity index is 616. The Balaban J connectivity index is 2.17. The Hall–Kier alpha value is -2.07. The predicted octanol–water partition coefficient (Wildman–Crippen LogP) is 3.19. The Morgan fingerprint density at radius 1 is 1.26 bits per heavy atom. The molecule has 98 valence electrons. The zero-order valence-corrected chi connectivity index (χ0v) is 10.7. The van der Waals surface area contributed by atoms with E-state index in [9.17, 15) is 9.18 Å². The molecule has 0 aromatic heterocycles. The molecular formula is C14H12ClFN2O. The van der Waals surface area contributed by atoms with Crippen molar-refractivity contribution < 1.29 is 9.18 Å². The molecule has 0 aliphatic carbocycles. The maximum atomic E-state index is 13.0. The lowest BCUT2D eigenvalue weighted by atomic mass is 10.1. The summed E-state index contributed by atoms with van der Waals surface area (Å²) in [6.45, 7) is 0.389. The van der Waals surface area contributed by atoms with E-state index in [4.69, 9.17) is 17.3 Å². The average Bonchev–Trinajstić information content (AvgIpc) is 2.37. The summed E-state index contributed by atoms with van der Waals surface area (Å²) in [6, 6.07) is 11.0. The number of primary amides is 1. The molecule has 0 aliphatic heterocycles. The van der Waals surface area contributed by atoms with E-state index in [1.807, 2.05) is 0 Å². The van der Waals surface area contributed by atoms with Gasteiger partial charge in [0.2, 0.25) is 0 Å². The van der Waals surface area contributed by atoms with Crippen LogP contribution in [-0.2, 0) is 6.54 Å². The molecule has 3 nitrogen and oxygen atoms in total. The fourth-order valence-corrected chi connectivity index (χ4v) is 1.89. The lowest BCUT2D eigenvalue weighted by molar-refractivity contribution is 0.100. The molecule has 3 N–H and O–H groups in total. The number of hydrogen-bond acceptors (Lipinski definition) is 2. The summed E-state index contributed by atoms with van der Waals surface area (Å²) < 4.78 is 13.0. The summed E-state index contributed by atoms with van der Waals surface area (Å²) in [6.07, 6.45) is 0. The topological polar surface area (TPSA) is 55.1 Å². The van der Waals surface area contributed by atoms with Gasteiger partial charge >= 0.3 is 0 Å². The van der Waals surface area contributed by atoms with Crippen LogP contribution in [-0.4, -0.2) is 5.91 Å². The predicted molar refractivity (Wildman–Crippen MR) is 73.7 cm³/mol. The second kappa shape index (κ2) is 5.71. The zero-order chi connectivity index (χ0) is 13.8. The maximum Gasteiger partial charge on any atom is 0.250 e. The number of hydrogen-bond donors (Lipinski definition) is 2. The van der Waals surface area contributed by atoms with Crippen molar-refractivity contribution in [3.63, 3.8) is 0 Å². The molecule has 0 atom stereocenters. The SMILES string of the molecule is NC(=O)c1cc(Cl)ccc1NCc1cccc(F)c1. The quantitative estimate of drug-likeness (QED) is 0.902. The van der Waals surface area contributed by atoms with E-state index in [1.54, 1.807) is 24.3 Å². The zero-order valence-electron chi connectivity index (χ0n) is 9.99. The largest absolute Gasteiger partial charge is 0.380 e. The number of nitrogens with two attached hydrogens (primary N) is 1. The van der Waals surface area contributed by atoms with Crippen molar-refractivity contribution >= 4 is 23.2 Å². The molecule has 0 aliphatic rings. The van der Waals surface area contributed by atoms with E-state index in [1.165, 1.54) is 18.2 Å². The minimum atomic E-state index is -0.566. The fraction of sp³-hybridized carbons (Fsp3) is 0.0714. The number of rotatable bonds is 4. The molecule has 0 radical (unpaired) electrons. The summed E-state index contributed by atoms with van der Waals surface area (Å²) in [4.78, 5) is 11.3. The van der Waals surface area contributed by atoms with Crippen molar-refractivity contribution in [1.29, 1.82) is 0 Å². The minimum absolute atomic E-state index is 0.300. The third-order valence-electron chi connectivity index (χ3n) is 2.62. The van der Waals surface area contributed by atoms with Crippen molar-refractivity contribution in [2.45, 2.75) is 6.54 Å². The molecular weight excluding hydrogens is 267 g/mol. The van der Waals surface area contributed by atoms with Gasteiger partial charge in [-0.3, -0.25) is 4.79 Å². The Labute approximate surface area is 115 Å². The maximum absolute atomic E-state index is 13.0. The summed E-state index contributed by atoms with van der Waals surface area (Å²) in [5, 5.41) is 3.47. The smallest absolute Gasteiger partial charge is 0.250 e. The Morgan fingerprint density at radius 2 is 2.05 bits per heavy atom. The van der Waals surface area contributed by atoms with Gasteiger partial charge in [-0.05, 0) is 35.9 Å². The molecule has 2 aromatic rings. The van der Waals surface area contributed by atoms with Crippen LogP contribution in [0.15, 0.2) is 42.5 Å². The number of amides is 1. The molecule has 0 fully saturated rings. The van der Waals surface area contributed by atoms with Crippen molar-refractivity contribution in [1.82, 2.24) is 0 Å². The van der Waals surface area contributed by atoms with Crippen molar-refractivity contribution in [2.75, 3.05) is 5.32 Å². The van der Waals surface area contributed by atoms with E-state index in [2.05, 4.69) is 5.32 Å². The van der Waals surface area contributed by atoms with Gasteiger partial charge in [0.05, 0.1) is 5.56 Å². The molecule has 5 heteroatoms. The van der Waals surface area contributed by atoms with Gasteiger partial charge in [0, 0.05) is 17.3 Å².